The molecule has 0 unspecified atom stereocenters. The lowest BCUT2D eigenvalue weighted by Crippen LogP contribution is -2.15. The van der Waals surface area contributed by atoms with Crippen molar-refractivity contribution in [2.75, 3.05) is 0 Å². The highest BCUT2D eigenvalue weighted by Gasteiger charge is 2.24. The first kappa shape index (κ1) is 7.15. The lowest BCUT2D eigenvalue weighted by Gasteiger charge is -2.27. The Morgan fingerprint density at radius 2 is 2.18 bits per heavy atom. The van der Waals surface area contributed by atoms with E-state index in [1.807, 2.05) is 0 Å². The maximum Gasteiger partial charge on any atom is -0.0130 e. The van der Waals surface area contributed by atoms with Crippen LogP contribution in [0.5, 0.6) is 0 Å². The molecule has 0 aromatic rings. The SMILES string of the molecule is C[C@@H]1C2=C(CC=C2)CC[C@@H]1C. The summed E-state index contributed by atoms with van der Waals surface area (Å²) in [7, 11) is 0. The zero-order valence-corrected chi connectivity index (χ0v) is 7.43. The maximum atomic E-state index is 2.38. The van der Waals surface area contributed by atoms with Gasteiger partial charge >= 0.3 is 0 Å². The number of rotatable bonds is 0. The van der Waals surface area contributed by atoms with Crippen LogP contribution in [0, 0.1) is 11.8 Å². The number of hydrogen-bond acceptors (Lipinski definition) is 0. The van der Waals surface area contributed by atoms with Crippen molar-refractivity contribution in [3.63, 3.8) is 0 Å². The molecule has 0 bridgehead atoms. The summed E-state index contributed by atoms with van der Waals surface area (Å²) < 4.78 is 0. The van der Waals surface area contributed by atoms with Crippen molar-refractivity contribution in [2.45, 2.75) is 33.1 Å². The van der Waals surface area contributed by atoms with Crippen LogP contribution in [-0.2, 0) is 0 Å². The van der Waals surface area contributed by atoms with Crippen LogP contribution in [-0.4, -0.2) is 0 Å². The predicted molar refractivity (Wildman–Crippen MR) is 48.3 cm³/mol. The Morgan fingerprint density at radius 1 is 1.36 bits per heavy atom. The van der Waals surface area contributed by atoms with Gasteiger partial charge in [-0.15, -0.1) is 0 Å². The minimum absolute atomic E-state index is 0.817. The molecule has 11 heavy (non-hydrogen) atoms. The minimum atomic E-state index is 0.817. The van der Waals surface area contributed by atoms with Crippen LogP contribution in [0.15, 0.2) is 23.3 Å². The number of allylic oxidation sites excluding steroid dienone is 4. The third kappa shape index (κ3) is 1.05. The summed E-state index contributed by atoms with van der Waals surface area (Å²) in [5.41, 5.74) is 3.37. The minimum Gasteiger partial charge on any atom is -0.0802 e. The lowest BCUT2D eigenvalue weighted by atomic mass is 9.78. The molecule has 2 aliphatic carbocycles. The lowest BCUT2D eigenvalue weighted by molar-refractivity contribution is 0.391. The summed E-state index contributed by atoms with van der Waals surface area (Å²) in [4.78, 5) is 0. The van der Waals surface area contributed by atoms with E-state index >= 15 is 0 Å². The van der Waals surface area contributed by atoms with E-state index in [1.54, 1.807) is 11.1 Å². The second-order valence-electron chi connectivity index (χ2n) is 3.97. The molecule has 0 N–H and O–H groups in total. The van der Waals surface area contributed by atoms with E-state index in [4.69, 9.17) is 0 Å². The van der Waals surface area contributed by atoms with Gasteiger partial charge in [-0.25, -0.2) is 0 Å². The summed E-state index contributed by atoms with van der Waals surface area (Å²) in [6.45, 7) is 4.75. The van der Waals surface area contributed by atoms with Crippen LogP contribution >= 0.6 is 0 Å². The Hall–Kier alpha value is -0.520. The first-order valence-electron chi connectivity index (χ1n) is 4.67. The predicted octanol–water partition coefficient (Wildman–Crippen LogP) is 3.31. The molecule has 0 saturated heterocycles. The normalized spacial score (nSPS) is 36.2. The van der Waals surface area contributed by atoms with Gasteiger partial charge in [0.05, 0.1) is 0 Å². The zero-order valence-electron chi connectivity index (χ0n) is 7.43. The van der Waals surface area contributed by atoms with Gasteiger partial charge in [0.2, 0.25) is 0 Å². The maximum absolute atomic E-state index is 2.38. The van der Waals surface area contributed by atoms with Gasteiger partial charge in [0.15, 0.2) is 0 Å². The highest BCUT2D eigenvalue weighted by Crippen LogP contribution is 2.39. The fourth-order valence-corrected chi connectivity index (χ4v) is 2.24. The van der Waals surface area contributed by atoms with Crippen molar-refractivity contribution in [3.05, 3.63) is 23.3 Å². The van der Waals surface area contributed by atoms with E-state index < -0.39 is 0 Å². The van der Waals surface area contributed by atoms with Crippen LogP contribution in [0.1, 0.15) is 33.1 Å². The Labute approximate surface area is 69.0 Å². The van der Waals surface area contributed by atoms with Gasteiger partial charge in [-0.3, -0.25) is 0 Å². The molecule has 0 radical (unpaired) electrons. The number of hydrogen-bond donors (Lipinski definition) is 0. The van der Waals surface area contributed by atoms with Crippen LogP contribution in [0.4, 0.5) is 0 Å². The van der Waals surface area contributed by atoms with E-state index in [0.29, 0.717) is 0 Å². The molecule has 0 aromatic carbocycles. The Balaban J connectivity index is 2.28. The first-order valence-corrected chi connectivity index (χ1v) is 4.67. The van der Waals surface area contributed by atoms with E-state index in [-0.39, 0.29) is 0 Å². The van der Waals surface area contributed by atoms with Gasteiger partial charge in [-0.05, 0) is 36.7 Å². The summed E-state index contributed by atoms with van der Waals surface area (Å²) in [6, 6.07) is 0. The van der Waals surface area contributed by atoms with Crippen molar-refractivity contribution in [1.29, 1.82) is 0 Å². The molecular formula is C11H16. The quantitative estimate of drug-likeness (QED) is 0.494. The summed E-state index contributed by atoms with van der Waals surface area (Å²) in [5.74, 6) is 1.72. The van der Waals surface area contributed by atoms with Crippen molar-refractivity contribution in [1.82, 2.24) is 0 Å². The molecule has 60 valence electrons. The smallest absolute Gasteiger partial charge is 0.0130 e. The fourth-order valence-electron chi connectivity index (χ4n) is 2.24. The molecule has 2 rings (SSSR count). The van der Waals surface area contributed by atoms with Gasteiger partial charge in [0, 0.05) is 0 Å². The summed E-state index contributed by atoms with van der Waals surface area (Å²) in [6.07, 6.45) is 8.66. The molecule has 0 spiro atoms. The fraction of sp³-hybridized carbons (Fsp3) is 0.636. The van der Waals surface area contributed by atoms with Crippen molar-refractivity contribution in [2.24, 2.45) is 11.8 Å². The molecule has 0 heteroatoms. The monoisotopic (exact) mass is 148 g/mol. The van der Waals surface area contributed by atoms with Gasteiger partial charge in [-0.1, -0.05) is 31.6 Å². The molecular weight excluding hydrogens is 132 g/mol. The third-order valence-electron chi connectivity index (χ3n) is 3.32. The molecule has 0 nitrogen and oxygen atoms in total. The Bertz CT molecular complexity index is 220. The van der Waals surface area contributed by atoms with Crippen LogP contribution < -0.4 is 0 Å². The van der Waals surface area contributed by atoms with Gasteiger partial charge in [0.25, 0.3) is 0 Å². The molecule has 0 fully saturated rings. The van der Waals surface area contributed by atoms with Crippen LogP contribution in [0.25, 0.3) is 0 Å². The highest BCUT2D eigenvalue weighted by atomic mass is 14.3. The average molecular weight is 148 g/mol. The third-order valence-corrected chi connectivity index (χ3v) is 3.32. The molecule has 0 saturated carbocycles. The van der Waals surface area contributed by atoms with Gasteiger partial charge in [-0.2, -0.15) is 0 Å². The summed E-state index contributed by atoms with van der Waals surface area (Å²) >= 11 is 0. The molecule has 2 aliphatic rings. The molecule has 0 amide bonds. The van der Waals surface area contributed by atoms with Crippen molar-refractivity contribution in [3.8, 4) is 0 Å². The first-order chi connectivity index (χ1) is 5.29. The second-order valence-corrected chi connectivity index (χ2v) is 3.97. The largest absolute Gasteiger partial charge is 0.0802 e. The zero-order chi connectivity index (χ0) is 7.84. The molecule has 0 heterocycles. The van der Waals surface area contributed by atoms with Crippen LogP contribution in [0.2, 0.25) is 0 Å². The van der Waals surface area contributed by atoms with E-state index in [0.717, 1.165) is 11.8 Å². The van der Waals surface area contributed by atoms with E-state index in [1.165, 1.54) is 19.3 Å². The van der Waals surface area contributed by atoms with Gasteiger partial charge in [0.1, 0.15) is 0 Å². The second kappa shape index (κ2) is 2.51. The Kier molecular flexibility index (Phi) is 1.63. The highest BCUT2D eigenvalue weighted by molar-refractivity contribution is 5.37. The average Bonchev–Trinajstić information content (AvgIpc) is 2.45. The van der Waals surface area contributed by atoms with Crippen molar-refractivity contribution < 1.29 is 0 Å². The molecule has 0 aliphatic heterocycles. The van der Waals surface area contributed by atoms with Gasteiger partial charge < -0.3 is 0 Å². The molecule has 0 aromatic heterocycles. The van der Waals surface area contributed by atoms with E-state index in [2.05, 4.69) is 26.0 Å². The van der Waals surface area contributed by atoms with E-state index in [9.17, 15) is 0 Å². The van der Waals surface area contributed by atoms with Crippen molar-refractivity contribution >= 4 is 0 Å². The van der Waals surface area contributed by atoms with Crippen LogP contribution in [0.3, 0.4) is 0 Å². The standard InChI is InChI=1S/C11H16/c1-8-6-7-10-4-3-5-11(10)9(8)2/h3,5,8-9H,4,6-7H2,1-2H3/t8-,9-/m0/s1. The summed E-state index contributed by atoms with van der Waals surface area (Å²) in [5, 5.41) is 0. The topological polar surface area (TPSA) is 0 Å². The molecule has 2 atom stereocenters. The Morgan fingerprint density at radius 3 is 3.00 bits per heavy atom.